The molecule has 3 rings (SSSR count). The monoisotopic (exact) mass is 410 g/mol. The average molecular weight is 411 g/mol. The van der Waals surface area contributed by atoms with Crippen LogP contribution in [0.3, 0.4) is 0 Å². The van der Waals surface area contributed by atoms with Crippen molar-refractivity contribution in [1.29, 1.82) is 0 Å². The highest BCUT2D eigenvalue weighted by Gasteiger charge is 2.10. The molecule has 2 heterocycles. The van der Waals surface area contributed by atoms with Gasteiger partial charge in [-0.3, -0.25) is 4.68 Å². The first kappa shape index (κ1) is 18.6. The Kier molecular flexibility index (Phi) is 5.45. The summed E-state index contributed by atoms with van der Waals surface area (Å²) >= 11 is 17.3. The zero-order chi connectivity index (χ0) is 18.8. The summed E-state index contributed by atoms with van der Waals surface area (Å²) in [5, 5.41) is 16.6. The molecule has 0 atom stereocenters. The SMILES string of the molecule is Cc1nn(C)c(C)c1C=Nn1c(COc2cc(Cl)ccc2Cl)n[nH]c1=S. The van der Waals surface area contributed by atoms with E-state index in [-0.39, 0.29) is 6.61 Å². The van der Waals surface area contributed by atoms with Gasteiger partial charge >= 0.3 is 0 Å². The third-order valence-corrected chi connectivity index (χ3v) is 4.65. The van der Waals surface area contributed by atoms with Crippen molar-refractivity contribution in [1.82, 2.24) is 24.7 Å². The Hall–Kier alpha value is -2.16. The first-order valence-corrected chi connectivity index (χ1v) is 8.82. The number of nitrogens with one attached hydrogen (secondary N) is 1. The molecular weight excluding hydrogens is 395 g/mol. The molecule has 0 aliphatic rings. The lowest BCUT2D eigenvalue weighted by molar-refractivity contribution is 0.291. The fourth-order valence-electron chi connectivity index (χ4n) is 2.36. The topological polar surface area (TPSA) is 73.0 Å². The molecule has 0 unspecified atom stereocenters. The van der Waals surface area contributed by atoms with Crippen LogP contribution in [-0.4, -0.2) is 30.9 Å². The van der Waals surface area contributed by atoms with E-state index in [1.54, 1.807) is 29.1 Å². The number of ether oxygens (including phenoxy) is 1. The van der Waals surface area contributed by atoms with Gasteiger partial charge in [0.2, 0.25) is 4.77 Å². The predicted molar refractivity (Wildman–Crippen MR) is 104 cm³/mol. The number of aryl methyl sites for hydroxylation is 2. The van der Waals surface area contributed by atoms with Gasteiger partial charge in [0.25, 0.3) is 0 Å². The van der Waals surface area contributed by atoms with E-state index in [0.717, 1.165) is 17.0 Å². The van der Waals surface area contributed by atoms with E-state index in [0.29, 0.717) is 26.4 Å². The number of hydrogen-bond acceptors (Lipinski definition) is 5. The van der Waals surface area contributed by atoms with Crippen molar-refractivity contribution in [2.24, 2.45) is 12.1 Å². The van der Waals surface area contributed by atoms with Gasteiger partial charge in [-0.2, -0.15) is 20.0 Å². The Morgan fingerprint density at radius 2 is 2.12 bits per heavy atom. The van der Waals surface area contributed by atoms with Crippen LogP contribution in [0.25, 0.3) is 0 Å². The second kappa shape index (κ2) is 7.61. The van der Waals surface area contributed by atoms with Crippen LogP contribution in [0.2, 0.25) is 10.0 Å². The van der Waals surface area contributed by atoms with E-state index in [2.05, 4.69) is 20.4 Å². The highest BCUT2D eigenvalue weighted by molar-refractivity contribution is 7.71. The largest absolute Gasteiger partial charge is 0.484 e. The molecule has 0 radical (unpaired) electrons. The molecule has 136 valence electrons. The number of hydrogen-bond donors (Lipinski definition) is 1. The molecule has 26 heavy (non-hydrogen) atoms. The number of H-pyrrole nitrogens is 1. The molecule has 0 amide bonds. The Morgan fingerprint density at radius 1 is 1.35 bits per heavy atom. The quantitative estimate of drug-likeness (QED) is 0.508. The first-order valence-electron chi connectivity index (χ1n) is 7.65. The molecule has 10 heteroatoms. The zero-order valence-corrected chi connectivity index (χ0v) is 16.7. The van der Waals surface area contributed by atoms with E-state index in [1.165, 1.54) is 4.68 Å². The molecule has 0 fully saturated rings. The zero-order valence-electron chi connectivity index (χ0n) is 14.3. The van der Waals surface area contributed by atoms with Crippen molar-refractivity contribution in [3.8, 4) is 5.75 Å². The first-order chi connectivity index (χ1) is 12.4. The molecular formula is C16H16Cl2N6OS. The number of rotatable bonds is 5. The van der Waals surface area contributed by atoms with Crippen LogP contribution in [-0.2, 0) is 13.7 Å². The standard InChI is InChI=1S/C16H16Cl2N6OS/c1-9-12(10(2)23(3)22-9)7-19-24-15(20-21-16(24)26)8-25-14-6-11(17)4-5-13(14)18/h4-7H,8H2,1-3H3,(H,21,26). The van der Waals surface area contributed by atoms with Gasteiger partial charge in [0.1, 0.15) is 12.4 Å². The second-order valence-corrected chi connectivity index (χ2v) is 6.80. The third kappa shape index (κ3) is 3.82. The predicted octanol–water partition coefficient (Wildman–Crippen LogP) is 4.06. The van der Waals surface area contributed by atoms with Crippen molar-refractivity contribution in [2.75, 3.05) is 0 Å². The summed E-state index contributed by atoms with van der Waals surface area (Å²) in [4.78, 5) is 0. The lowest BCUT2D eigenvalue weighted by Crippen LogP contribution is -2.05. The molecule has 3 aromatic rings. The summed E-state index contributed by atoms with van der Waals surface area (Å²) < 4.78 is 9.36. The van der Waals surface area contributed by atoms with Gasteiger partial charge in [-0.1, -0.05) is 23.2 Å². The van der Waals surface area contributed by atoms with Crippen LogP contribution in [0.15, 0.2) is 23.3 Å². The smallest absolute Gasteiger partial charge is 0.216 e. The van der Waals surface area contributed by atoms with E-state index in [4.69, 9.17) is 40.2 Å². The van der Waals surface area contributed by atoms with E-state index < -0.39 is 0 Å². The van der Waals surface area contributed by atoms with Crippen LogP contribution >= 0.6 is 35.4 Å². The summed E-state index contributed by atoms with van der Waals surface area (Å²) in [6.45, 7) is 4.02. The van der Waals surface area contributed by atoms with Crippen LogP contribution in [0.4, 0.5) is 0 Å². The van der Waals surface area contributed by atoms with Crippen molar-refractivity contribution < 1.29 is 4.74 Å². The van der Waals surface area contributed by atoms with Crippen LogP contribution in [0.1, 0.15) is 22.8 Å². The maximum absolute atomic E-state index is 6.11. The molecule has 2 aromatic heterocycles. The number of aromatic nitrogens is 5. The minimum atomic E-state index is 0.121. The van der Waals surface area contributed by atoms with Gasteiger partial charge in [0, 0.05) is 29.4 Å². The normalized spacial score (nSPS) is 11.4. The molecule has 1 N–H and O–H groups in total. The maximum atomic E-state index is 6.11. The van der Waals surface area contributed by atoms with Gasteiger partial charge < -0.3 is 4.74 Å². The van der Waals surface area contributed by atoms with E-state index >= 15 is 0 Å². The fraction of sp³-hybridized carbons (Fsp3) is 0.250. The van der Waals surface area contributed by atoms with E-state index in [9.17, 15) is 0 Å². The van der Waals surface area contributed by atoms with Gasteiger partial charge in [0.15, 0.2) is 5.82 Å². The molecule has 0 saturated heterocycles. The number of nitrogens with zero attached hydrogens (tertiary/aromatic N) is 5. The number of aromatic amines is 1. The molecule has 0 aliphatic heterocycles. The summed E-state index contributed by atoms with van der Waals surface area (Å²) in [6, 6.07) is 5.00. The molecule has 0 aliphatic carbocycles. The molecule has 1 aromatic carbocycles. The van der Waals surface area contributed by atoms with Crippen molar-refractivity contribution in [3.05, 3.63) is 55.8 Å². The Morgan fingerprint density at radius 3 is 2.81 bits per heavy atom. The molecule has 0 spiro atoms. The lowest BCUT2D eigenvalue weighted by Gasteiger charge is -2.07. The van der Waals surface area contributed by atoms with Crippen molar-refractivity contribution in [3.63, 3.8) is 0 Å². The Balaban J connectivity index is 1.84. The molecule has 0 saturated carbocycles. The summed E-state index contributed by atoms with van der Waals surface area (Å²) in [5.41, 5.74) is 2.82. The van der Waals surface area contributed by atoms with Crippen LogP contribution < -0.4 is 4.74 Å². The van der Waals surface area contributed by atoms with Gasteiger partial charge in [-0.05, 0) is 38.2 Å². The Bertz CT molecular complexity index is 1040. The van der Waals surface area contributed by atoms with Gasteiger partial charge in [0.05, 0.1) is 16.9 Å². The summed E-state index contributed by atoms with van der Waals surface area (Å²) in [5.74, 6) is 0.962. The highest BCUT2D eigenvalue weighted by Crippen LogP contribution is 2.28. The summed E-state index contributed by atoms with van der Waals surface area (Å²) in [6.07, 6.45) is 1.71. The fourth-order valence-corrected chi connectivity index (χ4v) is 2.89. The lowest BCUT2D eigenvalue weighted by atomic mass is 10.2. The second-order valence-electron chi connectivity index (χ2n) is 5.57. The maximum Gasteiger partial charge on any atom is 0.216 e. The average Bonchev–Trinajstić information content (AvgIpc) is 3.06. The van der Waals surface area contributed by atoms with Crippen molar-refractivity contribution >= 4 is 41.6 Å². The number of benzene rings is 1. The minimum Gasteiger partial charge on any atom is -0.484 e. The third-order valence-electron chi connectivity index (χ3n) is 3.83. The highest BCUT2D eigenvalue weighted by atomic mass is 35.5. The van der Waals surface area contributed by atoms with Crippen molar-refractivity contribution in [2.45, 2.75) is 20.5 Å². The molecule has 7 nitrogen and oxygen atoms in total. The van der Waals surface area contributed by atoms with Gasteiger partial charge in [-0.25, -0.2) is 5.10 Å². The van der Waals surface area contributed by atoms with E-state index in [1.807, 2.05) is 20.9 Å². The minimum absolute atomic E-state index is 0.121. The van der Waals surface area contributed by atoms with Crippen LogP contribution in [0.5, 0.6) is 5.75 Å². The number of halogens is 2. The van der Waals surface area contributed by atoms with Gasteiger partial charge in [-0.15, -0.1) is 0 Å². The summed E-state index contributed by atoms with van der Waals surface area (Å²) in [7, 11) is 1.89. The van der Waals surface area contributed by atoms with Crippen LogP contribution in [0, 0.1) is 18.6 Å². The Labute approximate surface area is 165 Å². The molecule has 0 bridgehead atoms.